The molecule has 96 valence electrons. The van der Waals surface area contributed by atoms with Crippen molar-refractivity contribution in [1.29, 1.82) is 0 Å². The van der Waals surface area contributed by atoms with E-state index >= 15 is 0 Å². The number of hydrogen-bond donors (Lipinski definition) is 1. The fourth-order valence-electron chi connectivity index (χ4n) is 1.80. The van der Waals surface area contributed by atoms with Crippen molar-refractivity contribution in [2.24, 2.45) is 0 Å². The summed E-state index contributed by atoms with van der Waals surface area (Å²) in [5, 5.41) is 7.90. The number of halogens is 1. The molecule has 3 rings (SSSR count). The van der Waals surface area contributed by atoms with E-state index < -0.39 is 0 Å². The molecule has 0 spiro atoms. The van der Waals surface area contributed by atoms with Crippen molar-refractivity contribution < 1.29 is 4.63 Å². The van der Waals surface area contributed by atoms with Crippen LogP contribution in [0.5, 0.6) is 0 Å². The smallest absolute Gasteiger partial charge is 0.226 e. The summed E-state index contributed by atoms with van der Waals surface area (Å²) < 4.78 is 4.63. The van der Waals surface area contributed by atoms with Crippen LogP contribution < -0.4 is 5.73 Å². The Morgan fingerprint density at radius 1 is 1.26 bits per heavy atom. The van der Waals surface area contributed by atoms with Gasteiger partial charge in [-0.25, -0.2) is 19.6 Å². The summed E-state index contributed by atoms with van der Waals surface area (Å²) in [6, 6.07) is 0. The summed E-state index contributed by atoms with van der Waals surface area (Å²) in [6.07, 6.45) is 3.53. The molecule has 19 heavy (non-hydrogen) atoms. The summed E-state index contributed by atoms with van der Waals surface area (Å²) >= 11 is 5.75. The van der Waals surface area contributed by atoms with Crippen molar-refractivity contribution in [3.05, 3.63) is 34.5 Å². The van der Waals surface area contributed by atoms with E-state index in [1.165, 1.54) is 0 Å². The molecule has 3 aromatic heterocycles. The van der Waals surface area contributed by atoms with Gasteiger partial charge in [-0.05, 0) is 17.2 Å². The highest BCUT2D eigenvalue weighted by Crippen LogP contribution is 2.24. The average Bonchev–Trinajstić information content (AvgIpc) is 2.85. The Labute approximate surface area is 112 Å². The minimum Gasteiger partial charge on any atom is -0.396 e. The zero-order valence-corrected chi connectivity index (χ0v) is 10.7. The fraction of sp³-hybridized carbons (Fsp3) is 0.182. The quantitative estimate of drug-likeness (QED) is 0.757. The number of aromatic nitrogens is 5. The molecule has 2 N–H and O–H groups in total. The van der Waals surface area contributed by atoms with E-state index in [2.05, 4.69) is 29.9 Å². The molecule has 0 saturated heterocycles. The minimum atomic E-state index is 0.399. The number of pyridine rings is 1. The predicted molar refractivity (Wildman–Crippen MR) is 68.6 cm³/mol. The lowest BCUT2D eigenvalue weighted by Gasteiger charge is -2.07. The third kappa shape index (κ3) is 2.08. The van der Waals surface area contributed by atoms with Crippen LogP contribution in [-0.4, -0.2) is 25.3 Å². The van der Waals surface area contributed by atoms with Gasteiger partial charge in [0.15, 0.2) is 5.52 Å². The summed E-state index contributed by atoms with van der Waals surface area (Å²) in [6.45, 7) is 1.84. The molecule has 0 aliphatic heterocycles. The molecule has 0 aliphatic rings. The maximum Gasteiger partial charge on any atom is 0.226 e. The summed E-state index contributed by atoms with van der Waals surface area (Å²) in [5.41, 5.74) is 8.96. The zero-order valence-electron chi connectivity index (χ0n) is 9.96. The molecule has 0 amide bonds. The number of nitrogens with two attached hydrogens (primary N) is 1. The third-order valence-corrected chi connectivity index (χ3v) is 2.97. The van der Waals surface area contributed by atoms with Crippen LogP contribution >= 0.6 is 11.6 Å². The summed E-state index contributed by atoms with van der Waals surface area (Å²) in [4.78, 5) is 12.6. The lowest BCUT2D eigenvalue weighted by atomic mass is 10.1. The molecule has 3 aromatic rings. The van der Waals surface area contributed by atoms with Crippen LogP contribution in [-0.2, 0) is 6.42 Å². The van der Waals surface area contributed by atoms with Gasteiger partial charge >= 0.3 is 0 Å². The Kier molecular flexibility index (Phi) is 2.75. The normalized spacial score (nSPS) is 11.1. The topological polar surface area (TPSA) is 104 Å². The number of fused-ring (bicyclic) bond motifs is 1. The Morgan fingerprint density at radius 3 is 2.74 bits per heavy atom. The largest absolute Gasteiger partial charge is 0.396 e. The van der Waals surface area contributed by atoms with Crippen LogP contribution in [0.1, 0.15) is 17.1 Å². The molecule has 0 aliphatic carbocycles. The molecule has 0 saturated carbocycles. The number of nitrogens with zero attached hydrogens (tertiary/aromatic N) is 5. The van der Waals surface area contributed by atoms with Crippen molar-refractivity contribution >= 4 is 28.5 Å². The van der Waals surface area contributed by atoms with Crippen LogP contribution in [0.2, 0.25) is 5.02 Å². The number of hydrogen-bond acceptors (Lipinski definition) is 7. The first-order chi connectivity index (χ1) is 9.15. The molecular weight excluding hydrogens is 268 g/mol. The second-order valence-corrected chi connectivity index (χ2v) is 4.46. The second-order valence-electron chi connectivity index (χ2n) is 4.02. The molecular formula is C11H9ClN6O. The van der Waals surface area contributed by atoms with Gasteiger partial charge in [0.1, 0.15) is 5.82 Å². The van der Waals surface area contributed by atoms with E-state index in [1.54, 1.807) is 12.4 Å². The van der Waals surface area contributed by atoms with Crippen LogP contribution in [0.25, 0.3) is 11.2 Å². The number of aryl methyl sites for hydroxylation is 1. The van der Waals surface area contributed by atoms with Gasteiger partial charge in [-0.15, -0.1) is 0 Å². The second kappa shape index (κ2) is 4.43. The standard InChI is InChI=1S/C11H9ClN6O/c1-5-7(2-8-14-3-6(12)4-15-8)9(13)10-11(16-5)18-19-17-10/h3-4H,2,13H2,1H3. The van der Waals surface area contributed by atoms with E-state index in [0.717, 1.165) is 11.3 Å². The molecule has 0 atom stereocenters. The van der Waals surface area contributed by atoms with Gasteiger partial charge in [-0.3, -0.25) is 0 Å². The molecule has 0 bridgehead atoms. The molecule has 3 heterocycles. The van der Waals surface area contributed by atoms with Gasteiger partial charge in [-0.1, -0.05) is 11.6 Å². The van der Waals surface area contributed by atoms with E-state index in [1.807, 2.05) is 6.92 Å². The highest BCUT2D eigenvalue weighted by molar-refractivity contribution is 6.30. The molecule has 0 fully saturated rings. The molecule has 7 nitrogen and oxygen atoms in total. The van der Waals surface area contributed by atoms with Gasteiger partial charge in [-0.2, -0.15) is 0 Å². The van der Waals surface area contributed by atoms with Gasteiger partial charge in [0.25, 0.3) is 0 Å². The average molecular weight is 277 g/mol. The molecule has 8 heteroatoms. The van der Waals surface area contributed by atoms with Crippen molar-refractivity contribution in [3.63, 3.8) is 0 Å². The van der Waals surface area contributed by atoms with Crippen LogP contribution in [0.3, 0.4) is 0 Å². The molecule has 0 unspecified atom stereocenters. The highest BCUT2D eigenvalue weighted by atomic mass is 35.5. The van der Waals surface area contributed by atoms with Gasteiger partial charge in [0.2, 0.25) is 5.65 Å². The third-order valence-electron chi connectivity index (χ3n) is 2.77. The van der Waals surface area contributed by atoms with Crippen LogP contribution in [0.15, 0.2) is 17.0 Å². The lowest BCUT2D eigenvalue weighted by molar-refractivity contribution is 0.315. The monoisotopic (exact) mass is 276 g/mol. The summed E-state index contributed by atoms with van der Waals surface area (Å²) in [5.74, 6) is 0.608. The van der Waals surface area contributed by atoms with E-state index in [-0.39, 0.29) is 0 Å². The van der Waals surface area contributed by atoms with Gasteiger partial charge in [0, 0.05) is 30.1 Å². The van der Waals surface area contributed by atoms with Crippen LogP contribution in [0, 0.1) is 6.92 Å². The Morgan fingerprint density at radius 2 is 2.00 bits per heavy atom. The number of anilines is 1. The fourth-order valence-corrected chi connectivity index (χ4v) is 1.90. The Balaban J connectivity index is 2.06. The Hall–Kier alpha value is -2.28. The number of nitrogen functional groups attached to an aromatic ring is 1. The van der Waals surface area contributed by atoms with Gasteiger partial charge < -0.3 is 5.73 Å². The lowest BCUT2D eigenvalue weighted by Crippen LogP contribution is -2.04. The predicted octanol–water partition coefficient (Wildman–Crippen LogP) is 1.54. The molecule has 0 aromatic carbocycles. The first-order valence-corrected chi connectivity index (χ1v) is 5.86. The zero-order chi connectivity index (χ0) is 13.4. The SMILES string of the molecule is Cc1nc2nonc2c(N)c1Cc1ncc(Cl)cn1. The van der Waals surface area contributed by atoms with Crippen molar-refractivity contribution in [2.45, 2.75) is 13.3 Å². The van der Waals surface area contributed by atoms with Crippen molar-refractivity contribution in [1.82, 2.24) is 25.3 Å². The highest BCUT2D eigenvalue weighted by Gasteiger charge is 2.15. The van der Waals surface area contributed by atoms with E-state index in [9.17, 15) is 0 Å². The van der Waals surface area contributed by atoms with Gasteiger partial charge in [0.05, 0.1) is 10.7 Å². The Bertz CT molecular complexity index is 739. The molecule has 0 radical (unpaired) electrons. The maximum atomic E-state index is 6.06. The van der Waals surface area contributed by atoms with E-state index in [4.69, 9.17) is 17.3 Å². The number of rotatable bonds is 2. The van der Waals surface area contributed by atoms with Crippen molar-refractivity contribution in [3.8, 4) is 0 Å². The minimum absolute atomic E-state index is 0.399. The van der Waals surface area contributed by atoms with Crippen molar-refractivity contribution in [2.75, 3.05) is 5.73 Å². The van der Waals surface area contributed by atoms with Crippen LogP contribution in [0.4, 0.5) is 5.69 Å². The first-order valence-electron chi connectivity index (χ1n) is 5.49. The first kappa shape index (κ1) is 11.8. The van der Waals surface area contributed by atoms with E-state index in [0.29, 0.717) is 34.1 Å². The summed E-state index contributed by atoms with van der Waals surface area (Å²) in [7, 11) is 0. The maximum absolute atomic E-state index is 6.06.